The first kappa shape index (κ1) is 20.2. The molecule has 4 N–H and O–H groups in total. The van der Waals surface area contributed by atoms with Crippen LogP contribution in [0.3, 0.4) is 0 Å². The molecule has 5 nitrogen and oxygen atoms in total. The molecule has 0 aromatic heterocycles. The van der Waals surface area contributed by atoms with Gasteiger partial charge in [-0.05, 0) is 41.8 Å². The number of guanidine groups is 1. The zero-order valence-electron chi connectivity index (χ0n) is 13.9. The Kier molecular flexibility index (Phi) is 8.56. The van der Waals surface area contributed by atoms with Gasteiger partial charge in [-0.1, -0.05) is 31.2 Å². The largest absolute Gasteiger partial charge is 0.497 e. The smallest absolute Gasteiger partial charge is 0.193 e. The lowest BCUT2D eigenvalue weighted by molar-refractivity contribution is 0.187. The molecule has 2 rings (SSSR count). The number of nitrogens with zero attached hydrogens (tertiary/aromatic N) is 1. The van der Waals surface area contributed by atoms with Crippen molar-refractivity contribution in [2.24, 2.45) is 10.7 Å². The number of aliphatic hydroxyl groups is 1. The highest BCUT2D eigenvalue weighted by atomic mass is 127. The quantitative estimate of drug-likeness (QED) is 0.365. The van der Waals surface area contributed by atoms with E-state index in [1.807, 2.05) is 36.4 Å². The fourth-order valence-corrected chi connectivity index (χ4v) is 2.13. The van der Waals surface area contributed by atoms with Gasteiger partial charge in [0.15, 0.2) is 5.96 Å². The zero-order chi connectivity index (χ0) is 16.7. The van der Waals surface area contributed by atoms with Gasteiger partial charge < -0.3 is 20.9 Å². The number of aliphatic imine (C=N–C) groups is 1. The lowest BCUT2D eigenvalue weighted by Gasteiger charge is -2.11. The second kappa shape index (κ2) is 10.1. The van der Waals surface area contributed by atoms with E-state index in [2.05, 4.69) is 17.2 Å². The van der Waals surface area contributed by atoms with Crippen LogP contribution >= 0.6 is 24.0 Å². The second-order valence-electron chi connectivity index (χ2n) is 5.19. The molecule has 24 heavy (non-hydrogen) atoms. The van der Waals surface area contributed by atoms with E-state index in [4.69, 9.17) is 10.5 Å². The number of aryl methyl sites for hydroxylation is 1. The van der Waals surface area contributed by atoms with Crippen molar-refractivity contribution in [3.05, 3.63) is 59.7 Å². The van der Waals surface area contributed by atoms with E-state index in [1.165, 1.54) is 5.56 Å². The van der Waals surface area contributed by atoms with Gasteiger partial charge in [0.05, 0.1) is 19.8 Å². The molecule has 130 valence electrons. The Hall–Kier alpha value is -1.80. The Bertz CT molecular complexity index is 642. The molecule has 0 bridgehead atoms. The first-order chi connectivity index (χ1) is 11.1. The third-order valence-electron chi connectivity index (χ3n) is 3.57. The monoisotopic (exact) mass is 441 g/mol. The van der Waals surface area contributed by atoms with Crippen molar-refractivity contribution in [1.82, 2.24) is 0 Å². The van der Waals surface area contributed by atoms with Crippen LogP contribution in [0, 0.1) is 0 Å². The van der Waals surface area contributed by atoms with E-state index in [0.29, 0.717) is 0 Å². The Morgan fingerprint density at radius 2 is 1.79 bits per heavy atom. The molecule has 0 heterocycles. The summed E-state index contributed by atoms with van der Waals surface area (Å²) in [6, 6.07) is 15.2. The molecule has 0 spiro atoms. The molecular weight excluding hydrogens is 417 g/mol. The molecule has 6 heteroatoms. The number of hydrogen-bond acceptors (Lipinski definition) is 3. The van der Waals surface area contributed by atoms with E-state index in [0.717, 1.165) is 23.4 Å². The molecule has 0 aliphatic rings. The van der Waals surface area contributed by atoms with E-state index in [-0.39, 0.29) is 36.5 Å². The summed E-state index contributed by atoms with van der Waals surface area (Å²) in [5.41, 5.74) is 8.77. The van der Waals surface area contributed by atoms with Crippen LogP contribution < -0.4 is 15.8 Å². The minimum Gasteiger partial charge on any atom is -0.497 e. The molecule has 2 aromatic carbocycles. The van der Waals surface area contributed by atoms with Crippen LogP contribution in [-0.2, 0) is 6.42 Å². The maximum Gasteiger partial charge on any atom is 0.193 e. The summed E-state index contributed by atoms with van der Waals surface area (Å²) in [6.07, 6.45) is 0.293. The Balaban J connectivity index is 0.00000288. The fourth-order valence-electron chi connectivity index (χ4n) is 2.13. The third kappa shape index (κ3) is 6.01. The average molecular weight is 441 g/mol. The third-order valence-corrected chi connectivity index (χ3v) is 3.57. The van der Waals surface area contributed by atoms with Crippen LogP contribution in [0.15, 0.2) is 53.5 Å². The number of anilines is 1. The number of nitrogens with two attached hydrogens (primary N) is 1. The van der Waals surface area contributed by atoms with E-state index in [1.54, 1.807) is 19.2 Å². The van der Waals surface area contributed by atoms with Gasteiger partial charge in [-0.3, -0.25) is 4.99 Å². The molecule has 1 atom stereocenters. The summed E-state index contributed by atoms with van der Waals surface area (Å²) in [5.74, 6) is 1.03. The minimum atomic E-state index is -0.705. The summed E-state index contributed by atoms with van der Waals surface area (Å²) >= 11 is 0. The number of nitrogens with one attached hydrogen (secondary N) is 1. The van der Waals surface area contributed by atoms with Gasteiger partial charge in [0.2, 0.25) is 0 Å². The van der Waals surface area contributed by atoms with E-state index < -0.39 is 6.10 Å². The zero-order valence-corrected chi connectivity index (χ0v) is 16.2. The lowest BCUT2D eigenvalue weighted by Crippen LogP contribution is -2.23. The van der Waals surface area contributed by atoms with Gasteiger partial charge in [-0.2, -0.15) is 0 Å². The van der Waals surface area contributed by atoms with Crippen LogP contribution in [0.5, 0.6) is 5.75 Å². The minimum absolute atomic E-state index is 0. The molecule has 1 unspecified atom stereocenters. The van der Waals surface area contributed by atoms with Crippen molar-refractivity contribution in [1.29, 1.82) is 0 Å². The summed E-state index contributed by atoms with van der Waals surface area (Å²) in [4.78, 5) is 4.18. The van der Waals surface area contributed by atoms with Gasteiger partial charge in [-0.25, -0.2) is 0 Å². The van der Waals surface area contributed by atoms with Gasteiger partial charge in [0.25, 0.3) is 0 Å². The Labute approximate surface area is 160 Å². The first-order valence-electron chi connectivity index (χ1n) is 7.60. The maximum atomic E-state index is 10.1. The first-order valence-corrected chi connectivity index (χ1v) is 7.60. The molecule has 2 aromatic rings. The molecule has 0 fully saturated rings. The van der Waals surface area contributed by atoms with Crippen molar-refractivity contribution >= 4 is 35.6 Å². The number of ether oxygens (including phenoxy) is 1. The highest BCUT2D eigenvalue weighted by Gasteiger charge is 2.07. The van der Waals surface area contributed by atoms with Crippen molar-refractivity contribution < 1.29 is 9.84 Å². The number of methoxy groups -OCH3 is 1. The molecule has 0 radical (unpaired) electrons. The van der Waals surface area contributed by atoms with Crippen LogP contribution in [-0.4, -0.2) is 24.7 Å². The predicted molar refractivity (Wildman–Crippen MR) is 109 cm³/mol. The van der Waals surface area contributed by atoms with Gasteiger partial charge >= 0.3 is 0 Å². The lowest BCUT2D eigenvalue weighted by atomic mass is 10.1. The van der Waals surface area contributed by atoms with Crippen LogP contribution in [0.4, 0.5) is 5.69 Å². The highest BCUT2D eigenvalue weighted by molar-refractivity contribution is 14.0. The highest BCUT2D eigenvalue weighted by Crippen LogP contribution is 2.17. The van der Waals surface area contributed by atoms with Gasteiger partial charge in [-0.15, -0.1) is 24.0 Å². The number of benzene rings is 2. The molecule has 0 saturated heterocycles. The number of aliphatic hydroxyl groups excluding tert-OH is 1. The topological polar surface area (TPSA) is 79.9 Å². The summed E-state index contributed by atoms with van der Waals surface area (Å²) in [5, 5.41) is 13.2. The molecule has 0 amide bonds. The van der Waals surface area contributed by atoms with Crippen molar-refractivity contribution in [2.45, 2.75) is 19.4 Å². The van der Waals surface area contributed by atoms with Crippen molar-refractivity contribution in [3.63, 3.8) is 0 Å². The molecule has 0 aliphatic heterocycles. The van der Waals surface area contributed by atoms with Crippen molar-refractivity contribution in [3.8, 4) is 5.75 Å². The van der Waals surface area contributed by atoms with E-state index in [9.17, 15) is 5.11 Å². The van der Waals surface area contributed by atoms with E-state index >= 15 is 0 Å². The summed E-state index contributed by atoms with van der Waals surface area (Å²) in [7, 11) is 1.61. The Morgan fingerprint density at radius 1 is 1.17 bits per heavy atom. The number of rotatable bonds is 6. The number of hydrogen-bond donors (Lipinski definition) is 3. The molecular formula is C18H24IN3O2. The van der Waals surface area contributed by atoms with Crippen LogP contribution in [0.25, 0.3) is 0 Å². The Morgan fingerprint density at radius 3 is 2.33 bits per heavy atom. The summed E-state index contributed by atoms with van der Waals surface area (Å²) < 4.78 is 5.09. The fraction of sp³-hybridized carbons (Fsp3) is 0.278. The molecule has 0 aliphatic carbocycles. The SMILES string of the molecule is CCc1ccc(NC(N)=NCC(O)c2ccc(OC)cc2)cc1.I. The van der Waals surface area contributed by atoms with Gasteiger partial charge in [0.1, 0.15) is 5.75 Å². The van der Waals surface area contributed by atoms with Crippen LogP contribution in [0.2, 0.25) is 0 Å². The maximum absolute atomic E-state index is 10.1. The normalized spacial score (nSPS) is 12.2. The summed E-state index contributed by atoms with van der Waals surface area (Å²) in [6.45, 7) is 2.30. The molecule has 0 saturated carbocycles. The predicted octanol–water partition coefficient (Wildman–Crippen LogP) is 3.34. The number of halogens is 1. The van der Waals surface area contributed by atoms with Crippen LogP contribution in [0.1, 0.15) is 24.2 Å². The second-order valence-corrected chi connectivity index (χ2v) is 5.19. The average Bonchev–Trinajstić information content (AvgIpc) is 2.60. The van der Waals surface area contributed by atoms with Crippen molar-refractivity contribution in [2.75, 3.05) is 19.0 Å². The van der Waals surface area contributed by atoms with Gasteiger partial charge in [0, 0.05) is 5.69 Å². The standard InChI is InChI=1S/C18H23N3O2.HI/c1-3-13-4-8-15(9-5-13)21-18(19)20-12-17(22)14-6-10-16(23-2)11-7-14;/h4-11,17,22H,3,12H2,1-2H3,(H3,19,20,21);1H.